The molecule has 0 bridgehead atoms. The number of allylic oxidation sites excluding steroid dienone is 1. The van der Waals surface area contributed by atoms with Crippen molar-refractivity contribution in [2.45, 2.75) is 0 Å². The molecule has 0 aliphatic heterocycles. The fourth-order valence-electron chi connectivity index (χ4n) is 1.05. The molecule has 5 heteroatoms. The van der Waals surface area contributed by atoms with Crippen molar-refractivity contribution in [1.29, 1.82) is 0 Å². The Hall–Kier alpha value is -1.91. The van der Waals surface area contributed by atoms with Crippen LogP contribution in [0, 0.1) is 11.6 Å². The Balaban J connectivity index is 3.06. The van der Waals surface area contributed by atoms with Gasteiger partial charge in [0.15, 0.2) is 17.3 Å². The smallest absolute Gasteiger partial charge is 0.201 e. The van der Waals surface area contributed by atoms with Gasteiger partial charge >= 0.3 is 0 Å². The van der Waals surface area contributed by atoms with E-state index in [1.807, 2.05) is 0 Å². The molecular weight excluding hydrogens is 216 g/mol. The van der Waals surface area contributed by atoms with Gasteiger partial charge in [0.2, 0.25) is 5.82 Å². The lowest BCUT2D eigenvalue weighted by molar-refractivity contribution is 0.104. The number of benzene rings is 1. The lowest BCUT2D eigenvalue weighted by Gasteiger charge is -2.04. The van der Waals surface area contributed by atoms with Gasteiger partial charge in [-0.3, -0.25) is 4.79 Å². The van der Waals surface area contributed by atoms with Crippen LogP contribution in [0.25, 0.3) is 0 Å². The SMILES string of the molecule is CN(C)/C=C/C(=O)c1ccc(F)c(F)c1O. The molecule has 0 radical (unpaired) electrons. The summed E-state index contributed by atoms with van der Waals surface area (Å²) in [6.45, 7) is 0. The highest BCUT2D eigenvalue weighted by atomic mass is 19.2. The monoisotopic (exact) mass is 227 g/mol. The molecule has 1 rings (SSSR count). The zero-order valence-electron chi connectivity index (χ0n) is 8.87. The Morgan fingerprint density at radius 1 is 1.38 bits per heavy atom. The van der Waals surface area contributed by atoms with Gasteiger partial charge in [0.25, 0.3) is 0 Å². The van der Waals surface area contributed by atoms with E-state index in [9.17, 15) is 18.7 Å². The molecule has 0 saturated heterocycles. The normalized spacial score (nSPS) is 10.8. The van der Waals surface area contributed by atoms with Crippen LogP contribution in [0.1, 0.15) is 10.4 Å². The number of ketones is 1. The van der Waals surface area contributed by atoms with Crippen LogP contribution in [0.4, 0.5) is 8.78 Å². The zero-order valence-corrected chi connectivity index (χ0v) is 8.87. The van der Waals surface area contributed by atoms with Gasteiger partial charge in [-0.15, -0.1) is 0 Å². The predicted molar refractivity (Wildman–Crippen MR) is 55.2 cm³/mol. The van der Waals surface area contributed by atoms with Gasteiger partial charge in [0, 0.05) is 26.4 Å². The number of hydrogen-bond donors (Lipinski definition) is 1. The van der Waals surface area contributed by atoms with Gasteiger partial charge in [-0.25, -0.2) is 4.39 Å². The van der Waals surface area contributed by atoms with Crippen LogP contribution in [0.2, 0.25) is 0 Å². The first-order valence-electron chi connectivity index (χ1n) is 4.49. The number of carbonyl (C=O) groups excluding carboxylic acids is 1. The van der Waals surface area contributed by atoms with Crippen LogP contribution < -0.4 is 0 Å². The summed E-state index contributed by atoms with van der Waals surface area (Å²) < 4.78 is 25.6. The third kappa shape index (κ3) is 2.56. The van der Waals surface area contributed by atoms with E-state index in [1.54, 1.807) is 19.0 Å². The van der Waals surface area contributed by atoms with E-state index in [0.29, 0.717) is 0 Å². The Bertz CT molecular complexity index is 442. The number of aromatic hydroxyl groups is 1. The Kier molecular flexibility index (Phi) is 3.60. The molecule has 0 spiro atoms. The average Bonchev–Trinajstić information content (AvgIpc) is 2.23. The number of halogens is 2. The second kappa shape index (κ2) is 4.74. The van der Waals surface area contributed by atoms with Crippen molar-refractivity contribution in [3.05, 3.63) is 41.6 Å². The van der Waals surface area contributed by atoms with Crippen LogP contribution in [0.5, 0.6) is 5.75 Å². The highest BCUT2D eigenvalue weighted by molar-refractivity contribution is 6.06. The average molecular weight is 227 g/mol. The first kappa shape index (κ1) is 12.2. The number of carbonyl (C=O) groups is 1. The number of nitrogens with zero attached hydrogens (tertiary/aromatic N) is 1. The molecule has 0 amide bonds. The van der Waals surface area contributed by atoms with Gasteiger partial charge in [-0.2, -0.15) is 4.39 Å². The van der Waals surface area contributed by atoms with E-state index in [0.717, 1.165) is 18.2 Å². The zero-order chi connectivity index (χ0) is 12.3. The van der Waals surface area contributed by atoms with Crippen molar-refractivity contribution < 1.29 is 18.7 Å². The maximum absolute atomic E-state index is 12.9. The second-order valence-corrected chi connectivity index (χ2v) is 3.40. The van der Waals surface area contributed by atoms with E-state index < -0.39 is 23.2 Å². The van der Waals surface area contributed by atoms with Crippen LogP contribution in [0.3, 0.4) is 0 Å². The van der Waals surface area contributed by atoms with E-state index in [2.05, 4.69) is 0 Å². The van der Waals surface area contributed by atoms with Gasteiger partial charge < -0.3 is 10.0 Å². The molecule has 1 N–H and O–H groups in total. The molecule has 0 atom stereocenters. The quantitative estimate of drug-likeness (QED) is 0.633. The van der Waals surface area contributed by atoms with Crippen LogP contribution in [0.15, 0.2) is 24.4 Å². The van der Waals surface area contributed by atoms with E-state index in [1.165, 1.54) is 6.20 Å². The van der Waals surface area contributed by atoms with Crippen LogP contribution >= 0.6 is 0 Å². The first-order chi connectivity index (χ1) is 7.43. The van der Waals surface area contributed by atoms with Crippen molar-refractivity contribution in [3.8, 4) is 5.75 Å². The molecule has 0 aliphatic rings. The summed E-state index contributed by atoms with van der Waals surface area (Å²) in [5, 5.41) is 9.23. The van der Waals surface area contributed by atoms with Gasteiger partial charge in [-0.1, -0.05) is 0 Å². The fourth-order valence-corrected chi connectivity index (χ4v) is 1.05. The molecule has 0 fully saturated rings. The minimum absolute atomic E-state index is 0.267. The minimum atomic E-state index is -1.41. The van der Waals surface area contributed by atoms with Gasteiger partial charge in [0.1, 0.15) is 0 Å². The first-order valence-corrected chi connectivity index (χ1v) is 4.49. The van der Waals surface area contributed by atoms with Gasteiger partial charge in [0.05, 0.1) is 5.56 Å². The minimum Gasteiger partial charge on any atom is -0.504 e. The van der Waals surface area contributed by atoms with Crippen molar-refractivity contribution in [3.63, 3.8) is 0 Å². The van der Waals surface area contributed by atoms with E-state index in [-0.39, 0.29) is 5.56 Å². The molecule has 3 nitrogen and oxygen atoms in total. The highest BCUT2D eigenvalue weighted by Crippen LogP contribution is 2.24. The van der Waals surface area contributed by atoms with Gasteiger partial charge in [-0.05, 0) is 12.1 Å². The Morgan fingerprint density at radius 2 is 2.00 bits per heavy atom. The predicted octanol–water partition coefficient (Wildman–Crippen LogP) is 1.93. The molecule has 0 saturated carbocycles. The number of phenolic OH excluding ortho intramolecular Hbond substituents is 1. The molecule has 1 aromatic carbocycles. The third-order valence-electron chi connectivity index (χ3n) is 1.86. The lowest BCUT2D eigenvalue weighted by atomic mass is 10.1. The molecule has 16 heavy (non-hydrogen) atoms. The summed E-state index contributed by atoms with van der Waals surface area (Å²) in [6.07, 6.45) is 2.61. The summed E-state index contributed by atoms with van der Waals surface area (Å²) in [5.41, 5.74) is -0.267. The maximum atomic E-state index is 12.9. The third-order valence-corrected chi connectivity index (χ3v) is 1.86. The van der Waals surface area contributed by atoms with Crippen molar-refractivity contribution in [1.82, 2.24) is 4.90 Å². The second-order valence-electron chi connectivity index (χ2n) is 3.40. The summed E-state index contributed by atoms with van der Waals surface area (Å²) in [7, 11) is 3.41. The Morgan fingerprint density at radius 3 is 2.56 bits per heavy atom. The molecule has 0 aromatic heterocycles. The van der Waals surface area contributed by atoms with E-state index >= 15 is 0 Å². The summed E-state index contributed by atoms with van der Waals surface area (Å²) >= 11 is 0. The highest BCUT2D eigenvalue weighted by Gasteiger charge is 2.16. The fraction of sp³-hybridized carbons (Fsp3) is 0.182. The van der Waals surface area contributed by atoms with Crippen molar-refractivity contribution in [2.24, 2.45) is 0 Å². The van der Waals surface area contributed by atoms with E-state index in [4.69, 9.17) is 0 Å². The molecule has 1 aromatic rings. The molecule has 0 unspecified atom stereocenters. The number of hydrogen-bond acceptors (Lipinski definition) is 3. The lowest BCUT2D eigenvalue weighted by Crippen LogP contribution is -2.04. The number of rotatable bonds is 3. The molecular formula is C11H11F2NO2. The summed E-state index contributed by atoms with van der Waals surface area (Å²) in [4.78, 5) is 13.1. The summed E-state index contributed by atoms with van der Waals surface area (Å²) in [5.74, 6) is -4.16. The standard InChI is InChI=1S/C11H11F2NO2/c1-14(2)6-5-9(15)7-3-4-8(12)10(13)11(7)16/h3-6,16H,1-2H3/b6-5+. The Labute approximate surface area is 91.6 Å². The molecule has 0 aliphatic carbocycles. The molecule has 0 heterocycles. The number of phenols is 1. The maximum Gasteiger partial charge on any atom is 0.201 e. The largest absolute Gasteiger partial charge is 0.504 e. The summed E-state index contributed by atoms with van der Waals surface area (Å²) in [6, 6.07) is 1.84. The van der Waals surface area contributed by atoms with Crippen molar-refractivity contribution >= 4 is 5.78 Å². The topological polar surface area (TPSA) is 40.5 Å². The van der Waals surface area contributed by atoms with Crippen LogP contribution in [-0.4, -0.2) is 29.9 Å². The molecule has 86 valence electrons. The van der Waals surface area contributed by atoms with Crippen LogP contribution in [-0.2, 0) is 0 Å². The van der Waals surface area contributed by atoms with Crippen molar-refractivity contribution in [2.75, 3.05) is 14.1 Å².